The van der Waals surface area contributed by atoms with E-state index >= 15 is 0 Å². The molecule has 146 valence electrons. The molecule has 2 aliphatic carbocycles. The monoisotopic (exact) mass is 404 g/mol. The normalized spacial score (nSPS) is 24.9. The van der Waals surface area contributed by atoms with Crippen LogP contribution < -0.4 is 5.32 Å². The van der Waals surface area contributed by atoms with Crippen LogP contribution in [0.15, 0.2) is 54.6 Å². The Morgan fingerprint density at radius 1 is 1.07 bits per heavy atom. The number of aryl methyl sites for hydroxylation is 1. The van der Waals surface area contributed by atoms with Crippen molar-refractivity contribution in [3.63, 3.8) is 0 Å². The van der Waals surface area contributed by atoms with Gasteiger partial charge in [-0.25, -0.2) is 4.98 Å². The number of rotatable bonds is 4. The Morgan fingerprint density at radius 3 is 2.52 bits per heavy atom. The number of aliphatic carboxylic acids is 1. The highest BCUT2D eigenvalue weighted by Crippen LogP contribution is 2.48. The zero-order valence-corrected chi connectivity index (χ0v) is 16.6. The summed E-state index contributed by atoms with van der Waals surface area (Å²) in [6, 6.07) is 13.8. The van der Waals surface area contributed by atoms with E-state index in [0.717, 1.165) is 27.2 Å². The highest BCUT2D eigenvalue weighted by molar-refractivity contribution is 7.21. The number of carbonyl (C=O) groups is 2. The maximum absolute atomic E-state index is 12.8. The molecule has 2 N–H and O–H groups in total. The molecule has 5 nitrogen and oxygen atoms in total. The smallest absolute Gasteiger partial charge is 0.307 e. The molecule has 2 aromatic carbocycles. The van der Waals surface area contributed by atoms with E-state index in [-0.39, 0.29) is 17.7 Å². The van der Waals surface area contributed by atoms with Crippen molar-refractivity contribution >= 4 is 39.1 Å². The fourth-order valence-corrected chi connectivity index (χ4v) is 5.66. The highest BCUT2D eigenvalue weighted by Gasteiger charge is 2.51. The van der Waals surface area contributed by atoms with Crippen molar-refractivity contribution in [2.45, 2.75) is 13.3 Å². The lowest BCUT2D eigenvalue weighted by Gasteiger charge is -2.23. The van der Waals surface area contributed by atoms with Crippen LogP contribution in [0.1, 0.15) is 12.0 Å². The molecule has 1 amide bonds. The minimum Gasteiger partial charge on any atom is -0.481 e. The number of amides is 1. The SMILES string of the molecule is Cc1ccc2nc(-c3ccc(NC(=O)[C@@H]4[C@@H](C(=O)O)[C@H]5C=C[C@H]4C5)cc3)sc2c1. The number of carbonyl (C=O) groups excluding carboxylic acids is 1. The number of thiazole rings is 1. The van der Waals surface area contributed by atoms with Gasteiger partial charge >= 0.3 is 5.97 Å². The van der Waals surface area contributed by atoms with Crippen LogP contribution in [0.3, 0.4) is 0 Å². The molecule has 4 atom stereocenters. The molecule has 2 bridgehead atoms. The third-order valence-corrected chi connectivity index (χ3v) is 7.06. The zero-order chi connectivity index (χ0) is 20.1. The summed E-state index contributed by atoms with van der Waals surface area (Å²) in [5.74, 6) is -2.24. The number of allylic oxidation sites excluding steroid dienone is 2. The summed E-state index contributed by atoms with van der Waals surface area (Å²) < 4.78 is 1.15. The molecule has 1 saturated carbocycles. The number of aromatic nitrogens is 1. The van der Waals surface area contributed by atoms with Crippen LogP contribution in [0.4, 0.5) is 5.69 Å². The van der Waals surface area contributed by atoms with E-state index < -0.39 is 17.8 Å². The molecule has 1 aromatic heterocycles. The number of nitrogens with zero attached hydrogens (tertiary/aromatic N) is 1. The van der Waals surface area contributed by atoms with Crippen molar-refractivity contribution in [2.24, 2.45) is 23.7 Å². The molecule has 6 heteroatoms. The van der Waals surface area contributed by atoms with E-state index in [0.29, 0.717) is 5.69 Å². The second-order valence-corrected chi connectivity index (χ2v) is 8.93. The molecule has 1 heterocycles. The number of carboxylic acid groups (broad SMARTS) is 1. The van der Waals surface area contributed by atoms with Gasteiger partial charge < -0.3 is 10.4 Å². The molecular weight excluding hydrogens is 384 g/mol. The minimum atomic E-state index is -0.886. The van der Waals surface area contributed by atoms with Crippen LogP contribution in [0.25, 0.3) is 20.8 Å². The van der Waals surface area contributed by atoms with E-state index in [4.69, 9.17) is 4.98 Å². The first-order valence-electron chi connectivity index (χ1n) is 9.69. The van der Waals surface area contributed by atoms with Crippen molar-refractivity contribution in [2.75, 3.05) is 5.32 Å². The number of hydrogen-bond donors (Lipinski definition) is 2. The zero-order valence-electron chi connectivity index (χ0n) is 15.8. The fourth-order valence-electron chi connectivity index (χ4n) is 4.59. The summed E-state index contributed by atoms with van der Waals surface area (Å²) in [5.41, 5.74) is 3.86. The quantitative estimate of drug-likeness (QED) is 0.616. The van der Waals surface area contributed by atoms with Crippen LogP contribution >= 0.6 is 11.3 Å². The van der Waals surface area contributed by atoms with E-state index in [9.17, 15) is 14.7 Å². The van der Waals surface area contributed by atoms with Crippen molar-refractivity contribution in [1.82, 2.24) is 4.98 Å². The van der Waals surface area contributed by atoms with Gasteiger partial charge in [0, 0.05) is 11.3 Å². The lowest BCUT2D eigenvalue weighted by atomic mass is 9.82. The number of benzene rings is 2. The van der Waals surface area contributed by atoms with E-state index in [2.05, 4.69) is 24.4 Å². The largest absolute Gasteiger partial charge is 0.481 e. The first kappa shape index (κ1) is 18.1. The Hall–Kier alpha value is -2.99. The van der Waals surface area contributed by atoms with Gasteiger partial charge in [-0.3, -0.25) is 9.59 Å². The van der Waals surface area contributed by atoms with E-state index in [1.165, 1.54) is 5.56 Å². The van der Waals surface area contributed by atoms with E-state index in [1.807, 2.05) is 42.5 Å². The average Bonchev–Trinajstić information content (AvgIpc) is 3.42. The van der Waals surface area contributed by atoms with Gasteiger partial charge in [-0.2, -0.15) is 0 Å². The minimum absolute atomic E-state index is 0.0200. The third kappa shape index (κ3) is 3.13. The Bertz CT molecular complexity index is 1150. The second-order valence-electron chi connectivity index (χ2n) is 7.89. The van der Waals surface area contributed by atoms with Gasteiger partial charge in [0.25, 0.3) is 0 Å². The van der Waals surface area contributed by atoms with Crippen LogP contribution in [-0.4, -0.2) is 22.0 Å². The maximum atomic E-state index is 12.8. The van der Waals surface area contributed by atoms with Gasteiger partial charge in [-0.1, -0.05) is 18.2 Å². The number of hydrogen-bond acceptors (Lipinski definition) is 4. The Kier molecular flexibility index (Phi) is 4.24. The van der Waals surface area contributed by atoms with Crippen LogP contribution in [0.5, 0.6) is 0 Å². The van der Waals surface area contributed by atoms with Gasteiger partial charge in [0.15, 0.2) is 0 Å². The summed E-state index contributed by atoms with van der Waals surface area (Å²) in [4.78, 5) is 29.1. The van der Waals surface area contributed by atoms with Crippen molar-refractivity contribution < 1.29 is 14.7 Å². The fraction of sp³-hybridized carbons (Fsp3) is 0.261. The molecule has 0 unspecified atom stereocenters. The van der Waals surface area contributed by atoms with Gasteiger partial charge in [0.2, 0.25) is 5.91 Å². The van der Waals surface area contributed by atoms with Crippen molar-refractivity contribution in [3.8, 4) is 10.6 Å². The van der Waals surface area contributed by atoms with Crippen molar-refractivity contribution in [1.29, 1.82) is 0 Å². The topological polar surface area (TPSA) is 79.3 Å². The predicted octanol–water partition coefficient (Wildman–Crippen LogP) is 4.73. The van der Waals surface area contributed by atoms with E-state index in [1.54, 1.807) is 11.3 Å². The summed E-state index contributed by atoms with van der Waals surface area (Å²) >= 11 is 1.64. The first-order valence-corrected chi connectivity index (χ1v) is 10.5. The molecule has 5 rings (SSSR count). The molecule has 29 heavy (non-hydrogen) atoms. The second kappa shape index (κ2) is 6.81. The summed E-state index contributed by atoms with van der Waals surface area (Å²) in [5, 5.41) is 13.4. The number of anilines is 1. The summed E-state index contributed by atoms with van der Waals surface area (Å²) in [6.45, 7) is 2.07. The molecule has 3 aromatic rings. The summed E-state index contributed by atoms with van der Waals surface area (Å²) in [6.07, 6.45) is 4.69. The molecule has 0 saturated heterocycles. The van der Waals surface area contributed by atoms with Gasteiger partial charge in [-0.05, 0) is 67.1 Å². The van der Waals surface area contributed by atoms with Gasteiger partial charge in [-0.15, -0.1) is 11.3 Å². The van der Waals surface area contributed by atoms with Crippen LogP contribution in [0, 0.1) is 30.6 Å². The molecule has 0 spiro atoms. The third-order valence-electron chi connectivity index (χ3n) is 5.99. The van der Waals surface area contributed by atoms with Crippen molar-refractivity contribution in [3.05, 3.63) is 60.2 Å². The Morgan fingerprint density at radius 2 is 1.79 bits per heavy atom. The molecule has 0 radical (unpaired) electrons. The predicted molar refractivity (Wildman–Crippen MR) is 114 cm³/mol. The number of fused-ring (bicyclic) bond motifs is 3. The standard InChI is InChI=1S/C23H20N2O3S/c1-12-2-9-17-18(10-12)29-22(25-17)13-5-7-16(8-6-13)24-21(26)19-14-3-4-15(11-14)20(19)23(27)28/h2-10,14-15,19-20H,11H2,1H3,(H,24,26)(H,27,28)/t14-,15-,19-,20-/m0/s1. The maximum Gasteiger partial charge on any atom is 0.307 e. The lowest BCUT2D eigenvalue weighted by molar-refractivity contribution is -0.146. The highest BCUT2D eigenvalue weighted by atomic mass is 32.1. The molecular formula is C23H20N2O3S. The molecule has 2 aliphatic rings. The average molecular weight is 404 g/mol. The lowest BCUT2D eigenvalue weighted by Crippen LogP contribution is -2.36. The Balaban J connectivity index is 1.34. The van der Waals surface area contributed by atoms with Gasteiger partial charge in [0.05, 0.1) is 22.1 Å². The molecule has 0 aliphatic heterocycles. The number of nitrogens with one attached hydrogen (secondary N) is 1. The summed E-state index contributed by atoms with van der Waals surface area (Å²) in [7, 11) is 0. The molecule has 1 fully saturated rings. The van der Waals surface area contributed by atoms with Gasteiger partial charge in [0.1, 0.15) is 5.01 Å². The van der Waals surface area contributed by atoms with Crippen LogP contribution in [-0.2, 0) is 9.59 Å². The first-order chi connectivity index (χ1) is 14.0. The van der Waals surface area contributed by atoms with Crippen LogP contribution in [0.2, 0.25) is 0 Å². The Labute approximate surface area is 172 Å². The number of carboxylic acids is 1.